The number of rotatable bonds is 6. The number of aromatic nitrogens is 5. The number of ether oxygens (including phenoxy) is 1. The number of pyridine rings is 1. The van der Waals surface area contributed by atoms with Crippen LogP contribution in [0.4, 0.5) is 11.6 Å². The van der Waals surface area contributed by atoms with Gasteiger partial charge in [-0.05, 0) is 41.8 Å². The van der Waals surface area contributed by atoms with Gasteiger partial charge in [-0.25, -0.2) is 19.3 Å². The zero-order chi connectivity index (χ0) is 26.4. The number of hydrogen-bond donors (Lipinski definition) is 1. The molecule has 0 aliphatic carbocycles. The molecular weight excluding hydrogens is 478 g/mol. The smallest absolute Gasteiger partial charge is 0.278 e. The molecule has 6 rings (SSSR count). The molecule has 0 amide bonds. The van der Waals surface area contributed by atoms with E-state index in [-0.39, 0.29) is 11.0 Å². The summed E-state index contributed by atoms with van der Waals surface area (Å²) in [7, 11) is 0. The normalized spacial score (nSPS) is 16.3. The molecule has 0 saturated carbocycles. The molecule has 4 aromatic rings. The minimum absolute atomic E-state index is 0.141. The molecule has 9 nitrogen and oxygen atoms in total. The van der Waals surface area contributed by atoms with Gasteiger partial charge in [0.1, 0.15) is 5.39 Å². The molecule has 0 atom stereocenters. The number of allylic oxidation sites excluding steroid dienone is 1. The molecule has 1 N–H and O–H groups in total. The van der Waals surface area contributed by atoms with Crippen molar-refractivity contribution >= 4 is 22.7 Å². The summed E-state index contributed by atoms with van der Waals surface area (Å²) in [6.45, 7) is 14.1. The molecule has 38 heavy (non-hydrogen) atoms. The highest BCUT2D eigenvalue weighted by Crippen LogP contribution is 2.27. The highest BCUT2D eigenvalue weighted by Gasteiger charge is 2.29. The minimum Gasteiger partial charge on any atom is -0.378 e. The van der Waals surface area contributed by atoms with Crippen LogP contribution < -0.4 is 10.9 Å². The Morgan fingerprint density at radius 3 is 2.74 bits per heavy atom. The Morgan fingerprint density at radius 1 is 1.16 bits per heavy atom. The second-order valence-electron chi connectivity index (χ2n) is 11.1. The fourth-order valence-corrected chi connectivity index (χ4v) is 5.10. The third-order valence-electron chi connectivity index (χ3n) is 7.34. The van der Waals surface area contributed by atoms with Gasteiger partial charge in [0.25, 0.3) is 5.56 Å². The fraction of sp³-hybridized carbons (Fsp3) is 0.379. The van der Waals surface area contributed by atoms with Crippen LogP contribution >= 0.6 is 0 Å². The quantitative estimate of drug-likeness (QED) is 0.392. The number of anilines is 2. The standard InChI is InChI=1S/C29H33N7O2/c1-5-12-35-27(37)23-15-30-28(33-26(23)36(35)25-8-6-7-24(32-25)29(2,3)4)31-21-10-9-19-11-13-34(16-20(19)14-21)22-17-38-18-22/h5-10,14-15,22H,1,11-13,16-18H2,2-4H3,(H,30,31,33). The molecule has 2 aliphatic rings. The minimum atomic E-state index is -0.178. The molecule has 3 aromatic heterocycles. The predicted octanol–water partition coefficient (Wildman–Crippen LogP) is 3.96. The average Bonchev–Trinajstić information content (AvgIpc) is 3.13. The summed E-state index contributed by atoms with van der Waals surface area (Å²) in [5.41, 5.74) is 4.72. The van der Waals surface area contributed by atoms with Gasteiger partial charge in [-0.2, -0.15) is 4.98 Å². The monoisotopic (exact) mass is 511 g/mol. The summed E-state index contributed by atoms with van der Waals surface area (Å²) < 4.78 is 8.77. The van der Waals surface area contributed by atoms with Crippen LogP contribution in [0.1, 0.15) is 37.6 Å². The summed E-state index contributed by atoms with van der Waals surface area (Å²) in [5.74, 6) is 1.05. The number of hydrogen-bond acceptors (Lipinski definition) is 7. The van der Waals surface area contributed by atoms with Crippen molar-refractivity contribution in [3.63, 3.8) is 0 Å². The Balaban J connectivity index is 1.38. The molecule has 1 fully saturated rings. The van der Waals surface area contributed by atoms with E-state index in [1.807, 2.05) is 18.2 Å². The molecule has 9 heteroatoms. The van der Waals surface area contributed by atoms with Crippen LogP contribution in [0.2, 0.25) is 0 Å². The van der Waals surface area contributed by atoms with E-state index in [1.54, 1.807) is 21.6 Å². The van der Waals surface area contributed by atoms with Crippen LogP contribution in [-0.4, -0.2) is 55.0 Å². The van der Waals surface area contributed by atoms with Crippen LogP contribution in [0.15, 0.2) is 60.0 Å². The zero-order valence-electron chi connectivity index (χ0n) is 22.1. The van der Waals surface area contributed by atoms with Crippen LogP contribution in [0, 0.1) is 0 Å². The van der Waals surface area contributed by atoms with Crippen molar-refractivity contribution in [3.05, 3.63) is 82.4 Å². The van der Waals surface area contributed by atoms with Gasteiger partial charge < -0.3 is 10.1 Å². The first-order valence-corrected chi connectivity index (χ1v) is 13.1. The molecule has 5 heterocycles. The van der Waals surface area contributed by atoms with Crippen molar-refractivity contribution in [3.8, 4) is 5.82 Å². The summed E-state index contributed by atoms with van der Waals surface area (Å²) in [6, 6.07) is 12.8. The molecule has 0 radical (unpaired) electrons. The lowest BCUT2D eigenvalue weighted by Crippen LogP contribution is -2.50. The van der Waals surface area contributed by atoms with Crippen LogP contribution in [0.5, 0.6) is 0 Å². The van der Waals surface area contributed by atoms with Gasteiger partial charge >= 0.3 is 0 Å². The lowest BCUT2D eigenvalue weighted by atomic mass is 9.92. The van der Waals surface area contributed by atoms with Gasteiger partial charge in [0.05, 0.1) is 25.8 Å². The lowest BCUT2D eigenvalue weighted by molar-refractivity contribution is -0.0694. The molecular formula is C29H33N7O2. The van der Waals surface area contributed by atoms with E-state index < -0.39 is 0 Å². The summed E-state index contributed by atoms with van der Waals surface area (Å²) in [4.78, 5) is 30.0. The Morgan fingerprint density at radius 2 is 2.00 bits per heavy atom. The van der Waals surface area contributed by atoms with Crippen molar-refractivity contribution in [1.29, 1.82) is 0 Å². The molecule has 1 saturated heterocycles. The SMILES string of the molecule is C=CCn1c(=O)c2cnc(Nc3ccc4c(c3)CN(C3COC3)CC4)nc2n1-c1cccc(C(C)(C)C)n1. The maximum Gasteiger partial charge on any atom is 0.278 e. The van der Waals surface area contributed by atoms with Crippen molar-refractivity contribution in [2.45, 2.75) is 51.7 Å². The van der Waals surface area contributed by atoms with E-state index in [9.17, 15) is 4.79 Å². The third-order valence-corrected chi connectivity index (χ3v) is 7.34. The summed E-state index contributed by atoms with van der Waals surface area (Å²) >= 11 is 0. The number of nitrogens with zero attached hydrogens (tertiary/aromatic N) is 6. The predicted molar refractivity (Wildman–Crippen MR) is 148 cm³/mol. The Hall–Kier alpha value is -3.82. The highest BCUT2D eigenvalue weighted by molar-refractivity contribution is 5.77. The van der Waals surface area contributed by atoms with Crippen molar-refractivity contribution in [1.82, 2.24) is 29.2 Å². The van der Waals surface area contributed by atoms with E-state index in [4.69, 9.17) is 14.7 Å². The largest absolute Gasteiger partial charge is 0.378 e. The maximum atomic E-state index is 13.3. The Labute approximate surface area is 221 Å². The van der Waals surface area contributed by atoms with Crippen molar-refractivity contribution in [2.75, 3.05) is 25.1 Å². The van der Waals surface area contributed by atoms with Crippen LogP contribution in [-0.2, 0) is 29.7 Å². The topological polar surface area (TPSA) is 90.1 Å². The van der Waals surface area contributed by atoms with E-state index >= 15 is 0 Å². The molecule has 196 valence electrons. The second kappa shape index (κ2) is 9.49. The first-order chi connectivity index (χ1) is 18.3. The highest BCUT2D eigenvalue weighted by atomic mass is 16.5. The first-order valence-electron chi connectivity index (χ1n) is 13.1. The Bertz CT molecular complexity index is 1580. The van der Waals surface area contributed by atoms with Gasteiger partial charge in [-0.1, -0.05) is 39.0 Å². The van der Waals surface area contributed by atoms with Crippen LogP contribution in [0.25, 0.3) is 16.9 Å². The summed E-state index contributed by atoms with van der Waals surface area (Å²) in [6.07, 6.45) is 4.33. The number of nitrogens with one attached hydrogen (secondary N) is 1. The molecule has 1 aromatic carbocycles. The summed E-state index contributed by atoms with van der Waals surface area (Å²) in [5, 5.41) is 3.80. The van der Waals surface area contributed by atoms with Gasteiger partial charge in [0.15, 0.2) is 11.5 Å². The Kier molecular flexibility index (Phi) is 6.12. The fourth-order valence-electron chi connectivity index (χ4n) is 5.10. The van der Waals surface area contributed by atoms with Gasteiger partial charge in [0, 0.05) is 36.1 Å². The maximum absolute atomic E-state index is 13.3. The first kappa shape index (κ1) is 24.5. The van der Waals surface area contributed by atoms with Gasteiger partial charge in [-0.15, -0.1) is 6.58 Å². The van der Waals surface area contributed by atoms with Crippen molar-refractivity contribution < 1.29 is 4.74 Å². The third kappa shape index (κ3) is 4.41. The molecule has 2 aliphatic heterocycles. The van der Waals surface area contributed by atoms with E-state index in [1.165, 1.54) is 11.1 Å². The zero-order valence-corrected chi connectivity index (χ0v) is 22.1. The van der Waals surface area contributed by atoms with Crippen LogP contribution in [0.3, 0.4) is 0 Å². The van der Waals surface area contributed by atoms with Gasteiger partial charge in [-0.3, -0.25) is 9.69 Å². The number of fused-ring (bicyclic) bond motifs is 2. The molecule has 0 spiro atoms. The van der Waals surface area contributed by atoms with Crippen molar-refractivity contribution in [2.24, 2.45) is 0 Å². The second-order valence-corrected chi connectivity index (χ2v) is 11.1. The molecule has 0 unspecified atom stereocenters. The number of benzene rings is 1. The lowest BCUT2D eigenvalue weighted by Gasteiger charge is -2.40. The van der Waals surface area contributed by atoms with Gasteiger partial charge in [0.2, 0.25) is 5.95 Å². The van der Waals surface area contributed by atoms with E-state index in [0.29, 0.717) is 35.4 Å². The van der Waals surface area contributed by atoms with E-state index in [2.05, 4.69) is 60.7 Å². The average molecular weight is 512 g/mol. The van der Waals surface area contributed by atoms with E-state index in [0.717, 1.165) is 44.1 Å². The molecule has 0 bridgehead atoms.